The molecule has 0 aliphatic heterocycles. The number of nitrogens with zero attached hydrogens (tertiary/aromatic N) is 2. The summed E-state index contributed by atoms with van der Waals surface area (Å²) in [5.41, 5.74) is 16.2. The Hall–Kier alpha value is -7.49. The van der Waals surface area contributed by atoms with E-state index in [0.29, 0.717) is 11.4 Å². The van der Waals surface area contributed by atoms with Crippen LogP contribution in [0.25, 0.3) is 71.7 Å². The van der Waals surface area contributed by atoms with Gasteiger partial charge in [0.15, 0.2) is 0 Å². The first-order valence-electron chi connectivity index (χ1n) is 20.1. The molecule has 0 saturated carbocycles. The Morgan fingerprint density at radius 1 is 0.508 bits per heavy atom. The van der Waals surface area contributed by atoms with E-state index in [1.165, 1.54) is 49.7 Å². The summed E-state index contributed by atoms with van der Waals surface area (Å²) >= 11 is 0. The van der Waals surface area contributed by atoms with E-state index in [0.717, 1.165) is 44.2 Å². The average molecular weight is 756 g/mol. The van der Waals surface area contributed by atoms with Crippen LogP contribution >= 0.6 is 0 Å². The SMILES string of the molecule is CC1(C)c2cccc(-c3ccc(-c4ccc(C=N/C(=C\C(=N)c5ccccc5)c5ccc(-c6cccnc6)cc5)c5ccccc45)cc3)c2-c2c1ccc1ccccc21. The molecule has 10 rings (SSSR count). The molecule has 59 heavy (non-hydrogen) atoms. The monoisotopic (exact) mass is 755 g/mol. The number of hydrogen-bond acceptors (Lipinski definition) is 3. The van der Waals surface area contributed by atoms with Gasteiger partial charge in [0.2, 0.25) is 0 Å². The summed E-state index contributed by atoms with van der Waals surface area (Å²) in [6, 6.07) is 64.3. The van der Waals surface area contributed by atoms with Crippen LogP contribution in [0, 0.1) is 5.41 Å². The summed E-state index contributed by atoms with van der Waals surface area (Å²) in [5, 5.41) is 13.8. The molecule has 8 aromatic carbocycles. The molecule has 1 aliphatic carbocycles. The first kappa shape index (κ1) is 35.9. The molecule has 0 spiro atoms. The molecule has 3 nitrogen and oxygen atoms in total. The topological polar surface area (TPSA) is 49.1 Å². The number of aromatic nitrogens is 1. The quantitative estimate of drug-likeness (QED) is 0.154. The van der Waals surface area contributed by atoms with Gasteiger partial charge in [0.05, 0.1) is 11.4 Å². The lowest BCUT2D eigenvalue weighted by molar-refractivity contribution is 0.661. The first-order valence-corrected chi connectivity index (χ1v) is 20.1. The molecule has 1 aromatic heterocycles. The van der Waals surface area contributed by atoms with Crippen molar-refractivity contribution in [2.24, 2.45) is 4.99 Å². The number of allylic oxidation sites excluding steroid dienone is 1. The first-order chi connectivity index (χ1) is 28.9. The zero-order valence-electron chi connectivity index (χ0n) is 33.0. The zero-order valence-corrected chi connectivity index (χ0v) is 33.0. The van der Waals surface area contributed by atoms with E-state index in [2.05, 4.69) is 164 Å². The maximum absolute atomic E-state index is 8.95. The standard InChI is InChI=1S/C56H41N3/c1-56(2)50-20-10-19-48(54(50)55-47-17-7-6-12-38(47)30-32-51(55)56)40-25-23-39(24-26-40)46-31-29-44(45-16-8-9-18-49(45)46)36-59-53(34-52(57)41-13-4-3-5-14-41)42-27-21-37(22-28-42)43-15-11-33-58-35-43/h3-36,57H,1-2H3/b53-34-,57-52?,59-36?. The number of fused-ring (bicyclic) bond motifs is 6. The number of pyridine rings is 1. The van der Waals surface area contributed by atoms with Gasteiger partial charge in [0.25, 0.3) is 0 Å². The molecule has 1 aliphatic rings. The van der Waals surface area contributed by atoms with Crippen LogP contribution in [0.2, 0.25) is 0 Å². The van der Waals surface area contributed by atoms with E-state index in [4.69, 9.17) is 10.4 Å². The third kappa shape index (κ3) is 6.47. The Morgan fingerprint density at radius 2 is 1.19 bits per heavy atom. The normalized spacial score (nSPS) is 13.2. The van der Waals surface area contributed by atoms with Crippen LogP contribution in [0.5, 0.6) is 0 Å². The van der Waals surface area contributed by atoms with Gasteiger partial charge < -0.3 is 5.41 Å². The fourth-order valence-electron chi connectivity index (χ4n) is 8.84. The summed E-state index contributed by atoms with van der Waals surface area (Å²) in [6.07, 6.45) is 7.44. The molecule has 9 aromatic rings. The van der Waals surface area contributed by atoms with Gasteiger partial charge in [-0.25, -0.2) is 0 Å². The smallest absolute Gasteiger partial charge is 0.0723 e. The second kappa shape index (κ2) is 14.8. The van der Waals surface area contributed by atoms with Crippen molar-refractivity contribution in [2.75, 3.05) is 0 Å². The molecular formula is C56H41N3. The van der Waals surface area contributed by atoms with Gasteiger partial charge >= 0.3 is 0 Å². The van der Waals surface area contributed by atoms with E-state index < -0.39 is 0 Å². The van der Waals surface area contributed by atoms with Gasteiger partial charge in [-0.05, 0) is 94.9 Å². The molecule has 0 atom stereocenters. The highest BCUT2D eigenvalue weighted by Gasteiger charge is 2.37. The Morgan fingerprint density at radius 3 is 1.95 bits per heavy atom. The van der Waals surface area contributed by atoms with Crippen LogP contribution in [0.4, 0.5) is 0 Å². The Balaban J connectivity index is 1.01. The second-order valence-electron chi connectivity index (χ2n) is 15.8. The van der Waals surface area contributed by atoms with E-state index in [9.17, 15) is 0 Å². The minimum atomic E-state index is -0.0836. The largest absolute Gasteiger partial charge is 0.300 e. The van der Waals surface area contributed by atoms with E-state index in [-0.39, 0.29) is 5.41 Å². The van der Waals surface area contributed by atoms with Crippen molar-refractivity contribution in [1.82, 2.24) is 4.98 Å². The molecule has 0 fully saturated rings. The van der Waals surface area contributed by atoms with Gasteiger partial charge in [-0.2, -0.15) is 0 Å². The predicted molar refractivity (Wildman–Crippen MR) is 248 cm³/mol. The van der Waals surface area contributed by atoms with Gasteiger partial charge in [-0.1, -0.05) is 190 Å². The average Bonchev–Trinajstić information content (AvgIpc) is 3.54. The maximum Gasteiger partial charge on any atom is 0.0723 e. The Kier molecular flexibility index (Phi) is 8.99. The van der Waals surface area contributed by atoms with Crippen LogP contribution in [-0.4, -0.2) is 16.9 Å². The van der Waals surface area contributed by atoms with E-state index in [1.807, 2.05) is 54.9 Å². The van der Waals surface area contributed by atoms with Crippen molar-refractivity contribution < 1.29 is 0 Å². The molecule has 0 unspecified atom stereocenters. The Bertz CT molecular complexity index is 3100. The minimum absolute atomic E-state index is 0.0836. The highest BCUT2D eigenvalue weighted by atomic mass is 14.7. The van der Waals surface area contributed by atoms with Crippen LogP contribution in [-0.2, 0) is 5.41 Å². The van der Waals surface area contributed by atoms with Crippen molar-refractivity contribution in [2.45, 2.75) is 19.3 Å². The Labute approximate surface area is 345 Å². The van der Waals surface area contributed by atoms with E-state index in [1.54, 1.807) is 6.20 Å². The minimum Gasteiger partial charge on any atom is -0.300 e. The summed E-state index contributed by atoms with van der Waals surface area (Å²) in [5.74, 6) is 0. The van der Waals surface area contributed by atoms with Crippen molar-refractivity contribution in [3.63, 3.8) is 0 Å². The third-order valence-electron chi connectivity index (χ3n) is 11.9. The summed E-state index contributed by atoms with van der Waals surface area (Å²) < 4.78 is 0. The lowest BCUT2D eigenvalue weighted by Crippen LogP contribution is -2.14. The lowest BCUT2D eigenvalue weighted by Gasteiger charge is -2.21. The highest BCUT2D eigenvalue weighted by Crippen LogP contribution is 2.54. The number of hydrogen-bond donors (Lipinski definition) is 1. The summed E-state index contributed by atoms with van der Waals surface area (Å²) in [4.78, 5) is 9.38. The molecule has 0 amide bonds. The molecule has 0 saturated heterocycles. The molecule has 1 heterocycles. The fourth-order valence-corrected chi connectivity index (χ4v) is 8.84. The second-order valence-corrected chi connectivity index (χ2v) is 15.8. The van der Waals surface area contributed by atoms with Crippen molar-refractivity contribution in [3.05, 3.63) is 228 Å². The third-order valence-corrected chi connectivity index (χ3v) is 11.9. The molecule has 3 heteroatoms. The van der Waals surface area contributed by atoms with Crippen molar-refractivity contribution in [1.29, 1.82) is 5.41 Å². The van der Waals surface area contributed by atoms with Gasteiger partial charge in [0, 0.05) is 35.2 Å². The number of aliphatic imine (C=N–C) groups is 1. The number of nitrogens with one attached hydrogen (secondary N) is 1. The number of benzene rings is 8. The van der Waals surface area contributed by atoms with Crippen LogP contribution in [0.3, 0.4) is 0 Å². The molecular weight excluding hydrogens is 715 g/mol. The zero-order chi connectivity index (χ0) is 39.9. The maximum atomic E-state index is 8.95. The highest BCUT2D eigenvalue weighted by molar-refractivity contribution is 6.12. The molecule has 1 N–H and O–H groups in total. The van der Waals surface area contributed by atoms with Crippen LogP contribution in [0.1, 0.15) is 41.7 Å². The number of rotatable bonds is 8. The van der Waals surface area contributed by atoms with Crippen LogP contribution in [0.15, 0.2) is 205 Å². The fraction of sp³-hybridized carbons (Fsp3) is 0.0536. The van der Waals surface area contributed by atoms with E-state index >= 15 is 0 Å². The predicted octanol–water partition coefficient (Wildman–Crippen LogP) is 14.2. The van der Waals surface area contributed by atoms with Gasteiger partial charge in [0.1, 0.15) is 0 Å². The summed E-state index contributed by atoms with van der Waals surface area (Å²) in [7, 11) is 0. The molecule has 0 bridgehead atoms. The van der Waals surface area contributed by atoms with Gasteiger partial charge in [-0.3, -0.25) is 9.98 Å². The van der Waals surface area contributed by atoms with Crippen molar-refractivity contribution >= 4 is 39.2 Å². The van der Waals surface area contributed by atoms with Crippen molar-refractivity contribution in [3.8, 4) is 44.5 Å². The molecule has 280 valence electrons. The summed E-state index contributed by atoms with van der Waals surface area (Å²) in [6.45, 7) is 4.71. The van der Waals surface area contributed by atoms with Crippen LogP contribution < -0.4 is 0 Å². The molecule has 0 radical (unpaired) electrons. The lowest BCUT2D eigenvalue weighted by atomic mass is 9.81. The van der Waals surface area contributed by atoms with Gasteiger partial charge in [-0.15, -0.1) is 0 Å².